The molecule has 0 aliphatic carbocycles. The smallest absolute Gasteiger partial charge is 0.276 e. The summed E-state index contributed by atoms with van der Waals surface area (Å²) in [7, 11) is 0. The van der Waals surface area contributed by atoms with E-state index in [9.17, 15) is 4.79 Å². The lowest BCUT2D eigenvalue weighted by molar-refractivity contribution is 0.0622. The molecule has 0 N–H and O–H groups in total. The lowest BCUT2D eigenvalue weighted by Gasteiger charge is -2.34. The highest BCUT2D eigenvalue weighted by atomic mass is 16.2. The highest BCUT2D eigenvalue weighted by molar-refractivity contribution is 5.92. The van der Waals surface area contributed by atoms with Gasteiger partial charge in [-0.2, -0.15) is 9.90 Å². The van der Waals surface area contributed by atoms with Crippen LogP contribution in [-0.2, 0) is 6.54 Å². The lowest BCUT2D eigenvalue weighted by atomic mass is 10.2. The molecular formula is C19H20N6O. The molecule has 2 aromatic heterocycles. The average Bonchev–Trinajstić information content (AvgIpc) is 3.20. The maximum atomic E-state index is 12.7. The predicted octanol–water partition coefficient (Wildman–Crippen LogP) is 1.62. The number of aromatic nitrogens is 4. The number of rotatable bonds is 4. The van der Waals surface area contributed by atoms with Gasteiger partial charge in [-0.25, -0.2) is 0 Å². The number of para-hydroxylation sites is 1. The number of carbonyl (C=O) groups excluding carboxylic acids is 1. The largest absolute Gasteiger partial charge is 0.335 e. The summed E-state index contributed by atoms with van der Waals surface area (Å²) < 4.78 is 0. The zero-order valence-electron chi connectivity index (χ0n) is 14.4. The minimum absolute atomic E-state index is 0.0618. The van der Waals surface area contributed by atoms with Crippen molar-refractivity contribution in [3.05, 3.63) is 72.3 Å². The minimum Gasteiger partial charge on any atom is -0.335 e. The molecule has 132 valence electrons. The molecule has 0 spiro atoms. The van der Waals surface area contributed by atoms with Crippen molar-refractivity contribution in [2.45, 2.75) is 6.54 Å². The van der Waals surface area contributed by atoms with Gasteiger partial charge in [-0.1, -0.05) is 24.3 Å². The fourth-order valence-electron chi connectivity index (χ4n) is 3.07. The van der Waals surface area contributed by atoms with Crippen LogP contribution in [0.2, 0.25) is 0 Å². The van der Waals surface area contributed by atoms with E-state index in [1.165, 1.54) is 16.6 Å². The Bertz CT molecular complexity index is 856. The van der Waals surface area contributed by atoms with Crippen molar-refractivity contribution in [3.8, 4) is 5.69 Å². The summed E-state index contributed by atoms with van der Waals surface area (Å²) in [6.45, 7) is 3.93. The maximum absolute atomic E-state index is 12.7. The number of pyridine rings is 1. The topological polar surface area (TPSA) is 67.2 Å². The zero-order valence-corrected chi connectivity index (χ0v) is 14.4. The number of piperazine rings is 1. The Labute approximate surface area is 151 Å². The number of hydrogen-bond acceptors (Lipinski definition) is 5. The number of hydrogen-bond donors (Lipinski definition) is 0. The molecule has 0 unspecified atom stereocenters. The molecule has 1 aliphatic heterocycles. The fourth-order valence-corrected chi connectivity index (χ4v) is 3.07. The Morgan fingerprint density at radius 3 is 2.50 bits per heavy atom. The molecular weight excluding hydrogens is 328 g/mol. The Balaban J connectivity index is 1.36. The second kappa shape index (κ2) is 7.45. The summed E-state index contributed by atoms with van der Waals surface area (Å²) in [6, 6.07) is 13.6. The maximum Gasteiger partial charge on any atom is 0.276 e. The molecule has 26 heavy (non-hydrogen) atoms. The molecule has 0 bridgehead atoms. The molecule has 1 aliphatic rings. The second-order valence-electron chi connectivity index (χ2n) is 6.28. The van der Waals surface area contributed by atoms with Crippen molar-refractivity contribution in [1.82, 2.24) is 29.8 Å². The van der Waals surface area contributed by atoms with Crippen LogP contribution in [0.3, 0.4) is 0 Å². The molecule has 1 amide bonds. The molecule has 1 fully saturated rings. The Kier molecular flexibility index (Phi) is 4.70. The van der Waals surface area contributed by atoms with Crippen molar-refractivity contribution in [1.29, 1.82) is 0 Å². The van der Waals surface area contributed by atoms with E-state index in [0.717, 1.165) is 25.3 Å². The first-order valence-electron chi connectivity index (χ1n) is 8.68. The van der Waals surface area contributed by atoms with E-state index in [1.54, 1.807) is 6.20 Å². The van der Waals surface area contributed by atoms with Gasteiger partial charge >= 0.3 is 0 Å². The summed E-state index contributed by atoms with van der Waals surface area (Å²) >= 11 is 0. The van der Waals surface area contributed by atoms with Crippen LogP contribution in [0, 0.1) is 0 Å². The minimum atomic E-state index is -0.0618. The Morgan fingerprint density at radius 2 is 1.77 bits per heavy atom. The molecule has 0 saturated carbocycles. The van der Waals surface area contributed by atoms with Gasteiger partial charge in [-0.15, -0.1) is 5.10 Å². The third-order valence-electron chi connectivity index (χ3n) is 4.49. The van der Waals surface area contributed by atoms with Crippen LogP contribution in [-0.4, -0.2) is 61.9 Å². The van der Waals surface area contributed by atoms with E-state index in [-0.39, 0.29) is 5.91 Å². The van der Waals surface area contributed by atoms with Crippen LogP contribution in [0.15, 0.2) is 61.1 Å². The summed E-state index contributed by atoms with van der Waals surface area (Å²) in [5.74, 6) is -0.0618. The number of carbonyl (C=O) groups is 1. The Hall–Kier alpha value is -3.06. The summed E-state index contributed by atoms with van der Waals surface area (Å²) in [5, 5.41) is 8.55. The van der Waals surface area contributed by atoms with Crippen molar-refractivity contribution in [2.24, 2.45) is 0 Å². The van der Waals surface area contributed by atoms with Gasteiger partial charge in [0.2, 0.25) is 0 Å². The summed E-state index contributed by atoms with van der Waals surface area (Å²) in [6.07, 6.45) is 5.21. The van der Waals surface area contributed by atoms with Crippen LogP contribution in [0.4, 0.5) is 0 Å². The predicted molar refractivity (Wildman–Crippen MR) is 96.8 cm³/mol. The van der Waals surface area contributed by atoms with Gasteiger partial charge in [0.05, 0.1) is 11.9 Å². The highest BCUT2D eigenvalue weighted by Gasteiger charge is 2.24. The van der Waals surface area contributed by atoms with Crippen molar-refractivity contribution >= 4 is 5.91 Å². The van der Waals surface area contributed by atoms with Gasteiger partial charge in [0, 0.05) is 45.1 Å². The molecule has 3 aromatic rings. The first kappa shape index (κ1) is 16.4. The van der Waals surface area contributed by atoms with Crippen LogP contribution in [0.25, 0.3) is 5.69 Å². The molecule has 3 heterocycles. The van der Waals surface area contributed by atoms with E-state index in [1.807, 2.05) is 47.5 Å². The van der Waals surface area contributed by atoms with Gasteiger partial charge < -0.3 is 4.90 Å². The number of benzene rings is 1. The van der Waals surface area contributed by atoms with Gasteiger partial charge in [0.15, 0.2) is 5.69 Å². The van der Waals surface area contributed by atoms with Gasteiger partial charge in [-0.05, 0) is 23.8 Å². The number of nitrogens with zero attached hydrogens (tertiary/aromatic N) is 6. The van der Waals surface area contributed by atoms with E-state index in [4.69, 9.17) is 0 Å². The zero-order chi connectivity index (χ0) is 17.8. The third kappa shape index (κ3) is 3.62. The van der Waals surface area contributed by atoms with Crippen LogP contribution in [0.1, 0.15) is 16.1 Å². The van der Waals surface area contributed by atoms with Gasteiger partial charge in [-0.3, -0.25) is 14.7 Å². The van der Waals surface area contributed by atoms with Crippen molar-refractivity contribution in [3.63, 3.8) is 0 Å². The van der Waals surface area contributed by atoms with E-state index in [0.29, 0.717) is 18.8 Å². The quantitative estimate of drug-likeness (QED) is 0.717. The molecule has 7 heteroatoms. The van der Waals surface area contributed by atoms with Gasteiger partial charge in [0.25, 0.3) is 5.91 Å². The van der Waals surface area contributed by atoms with Crippen LogP contribution < -0.4 is 0 Å². The highest BCUT2D eigenvalue weighted by Crippen LogP contribution is 2.11. The second-order valence-corrected chi connectivity index (χ2v) is 6.28. The lowest BCUT2D eigenvalue weighted by Crippen LogP contribution is -2.48. The normalized spacial score (nSPS) is 15.2. The van der Waals surface area contributed by atoms with Crippen molar-refractivity contribution < 1.29 is 4.79 Å². The van der Waals surface area contributed by atoms with E-state index in [2.05, 4.69) is 26.1 Å². The molecule has 4 rings (SSSR count). The van der Waals surface area contributed by atoms with Gasteiger partial charge in [0.1, 0.15) is 0 Å². The third-order valence-corrected chi connectivity index (χ3v) is 4.49. The average molecular weight is 348 g/mol. The van der Waals surface area contributed by atoms with Crippen LogP contribution in [0.5, 0.6) is 0 Å². The monoisotopic (exact) mass is 348 g/mol. The summed E-state index contributed by atoms with van der Waals surface area (Å²) in [5.41, 5.74) is 2.42. The first-order valence-corrected chi connectivity index (χ1v) is 8.68. The van der Waals surface area contributed by atoms with E-state index >= 15 is 0 Å². The first-order chi connectivity index (χ1) is 12.8. The number of amides is 1. The Morgan fingerprint density at radius 1 is 0.962 bits per heavy atom. The van der Waals surface area contributed by atoms with Crippen molar-refractivity contribution in [2.75, 3.05) is 26.2 Å². The SMILES string of the molecule is O=C(c1cnn(-c2ccccc2)n1)N1CCN(Cc2cccnc2)CC1. The fraction of sp³-hybridized carbons (Fsp3) is 0.263. The molecule has 1 aromatic carbocycles. The molecule has 7 nitrogen and oxygen atoms in total. The standard InChI is InChI=1S/C19H20N6O/c26-19(18-14-21-25(22-18)17-6-2-1-3-7-17)24-11-9-23(10-12-24)15-16-5-4-8-20-13-16/h1-8,13-14H,9-12,15H2. The molecule has 0 radical (unpaired) electrons. The van der Waals surface area contributed by atoms with Crippen LogP contribution >= 0.6 is 0 Å². The van der Waals surface area contributed by atoms with E-state index < -0.39 is 0 Å². The molecule has 0 atom stereocenters. The molecule has 1 saturated heterocycles. The summed E-state index contributed by atoms with van der Waals surface area (Å²) in [4.78, 5) is 22.5.